The Bertz CT molecular complexity index is 1220. The number of hydrogen-bond donors (Lipinski definition) is 2. The highest BCUT2D eigenvalue weighted by atomic mass is 32.2. The lowest BCUT2D eigenvalue weighted by atomic mass is 10.1. The number of nitrogens with one attached hydrogen (secondary N) is 2. The van der Waals surface area contributed by atoms with Crippen LogP contribution in [0.15, 0.2) is 53.6 Å². The van der Waals surface area contributed by atoms with Gasteiger partial charge in [0.25, 0.3) is 5.91 Å². The summed E-state index contributed by atoms with van der Waals surface area (Å²) in [7, 11) is 1.62. The van der Waals surface area contributed by atoms with Crippen molar-refractivity contribution in [1.82, 2.24) is 15.2 Å². The number of ether oxygens (including phenoxy) is 1. The molecule has 9 heteroatoms. The van der Waals surface area contributed by atoms with Gasteiger partial charge in [0, 0.05) is 29.7 Å². The van der Waals surface area contributed by atoms with Crippen molar-refractivity contribution in [2.75, 3.05) is 20.2 Å². The number of fused-ring (bicyclic) bond motifs is 1. The summed E-state index contributed by atoms with van der Waals surface area (Å²) in [6.07, 6.45) is 4.20. The predicted octanol–water partition coefficient (Wildman–Crippen LogP) is 3.88. The number of halogens is 1. The molecule has 2 heterocycles. The van der Waals surface area contributed by atoms with E-state index in [1.54, 1.807) is 25.3 Å². The molecule has 0 aliphatic carbocycles. The first-order valence-corrected chi connectivity index (χ1v) is 11.1. The molecule has 0 radical (unpaired) electrons. The van der Waals surface area contributed by atoms with Crippen molar-refractivity contribution in [1.29, 1.82) is 0 Å². The summed E-state index contributed by atoms with van der Waals surface area (Å²) < 4.78 is 18.6. The highest BCUT2D eigenvalue weighted by Crippen LogP contribution is 2.32. The topological polar surface area (TPSA) is 74.4 Å². The zero-order chi connectivity index (χ0) is 22.7. The maximum atomic E-state index is 13.1. The zero-order valence-corrected chi connectivity index (χ0v) is 18.8. The second-order valence-electron chi connectivity index (χ2n) is 7.14. The molecule has 164 valence electrons. The first-order chi connectivity index (χ1) is 15.4. The quantitative estimate of drug-likeness (QED) is 0.406. The summed E-state index contributed by atoms with van der Waals surface area (Å²) in [5, 5.41) is 3.92. The van der Waals surface area contributed by atoms with E-state index in [1.807, 2.05) is 24.4 Å². The van der Waals surface area contributed by atoms with Gasteiger partial charge < -0.3 is 15.0 Å². The van der Waals surface area contributed by atoms with Crippen molar-refractivity contribution in [3.63, 3.8) is 0 Å². The number of amides is 2. The number of thioether (sulfide) groups is 1. The molecule has 2 amide bonds. The van der Waals surface area contributed by atoms with Crippen LogP contribution < -0.4 is 10.1 Å². The molecule has 1 aliphatic rings. The number of carbonyl (C=O) groups is 2. The highest BCUT2D eigenvalue weighted by Gasteiger charge is 2.33. The minimum Gasteiger partial charge on any atom is -0.497 e. The van der Waals surface area contributed by atoms with Crippen LogP contribution in [0.2, 0.25) is 0 Å². The Morgan fingerprint density at radius 2 is 2.06 bits per heavy atom. The highest BCUT2D eigenvalue weighted by molar-refractivity contribution is 8.26. The molecule has 0 saturated carbocycles. The minimum atomic E-state index is -0.348. The van der Waals surface area contributed by atoms with E-state index in [9.17, 15) is 14.0 Å². The molecule has 4 rings (SSSR count). The number of aromatic nitrogens is 1. The van der Waals surface area contributed by atoms with E-state index in [0.717, 1.165) is 34.0 Å². The summed E-state index contributed by atoms with van der Waals surface area (Å²) >= 11 is 6.40. The molecule has 1 saturated heterocycles. The number of benzene rings is 2. The number of nitrogens with zero attached hydrogens (tertiary/aromatic N) is 1. The van der Waals surface area contributed by atoms with Gasteiger partial charge in [0.05, 0.1) is 12.0 Å². The molecule has 0 atom stereocenters. The van der Waals surface area contributed by atoms with Crippen LogP contribution >= 0.6 is 24.0 Å². The summed E-state index contributed by atoms with van der Waals surface area (Å²) in [4.78, 5) is 30.0. The molecular formula is C23H20FN3O3S2. The first kappa shape index (κ1) is 22.0. The third-order valence-electron chi connectivity index (χ3n) is 5.03. The van der Waals surface area contributed by atoms with E-state index in [4.69, 9.17) is 17.0 Å². The lowest BCUT2D eigenvalue weighted by Gasteiger charge is -2.14. The Morgan fingerprint density at radius 3 is 2.81 bits per heavy atom. The van der Waals surface area contributed by atoms with Gasteiger partial charge in [-0.1, -0.05) is 36.1 Å². The molecule has 1 fully saturated rings. The second kappa shape index (κ2) is 9.54. The van der Waals surface area contributed by atoms with E-state index in [2.05, 4.69) is 10.3 Å². The number of thiocarbonyl (C=S) groups is 1. The van der Waals surface area contributed by atoms with Gasteiger partial charge in [0.2, 0.25) is 5.91 Å². The van der Waals surface area contributed by atoms with E-state index >= 15 is 0 Å². The van der Waals surface area contributed by atoms with Crippen LogP contribution in [-0.4, -0.2) is 46.2 Å². The van der Waals surface area contributed by atoms with Gasteiger partial charge in [-0.25, -0.2) is 4.39 Å². The van der Waals surface area contributed by atoms with Crippen molar-refractivity contribution in [3.8, 4) is 5.75 Å². The van der Waals surface area contributed by atoms with Gasteiger partial charge in [-0.3, -0.25) is 14.5 Å². The fourth-order valence-electron chi connectivity index (χ4n) is 3.38. The number of H-pyrrole nitrogens is 1. The van der Waals surface area contributed by atoms with Crippen LogP contribution in [0.1, 0.15) is 11.1 Å². The largest absolute Gasteiger partial charge is 0.497 e. The maximum absolute atomic E-state index is 13.1. The molecule has 0 spiro atoms. The fourth-order valence-corrected chi connectivity index (χ4v) is 4.64. The average Bonchev–Trinajstić information content (AvgIpc) is 3.30. The van der Waals surface area contributed by atoms with Crippen molar-refractivity contribution in [2.24, 2.45) is 0 Å². The Hall–Kier alpha value is -3.17. The first-order valence-electron chi connectivity index (χ1n) is 9.86. The molecule has 6 nitrogen and oxygen atoms in total. The summed E-state index contributed by atoms with van der Waals surface area (Å²) in [5.41, 5.74) is 2.74. The summed E-state index contributed by atoms with van der Waals surface area (Å²) in [6, 6.07) is 11.6. The number of hydrogen-bond acceptors (Lipinski definition) is 5. The Labute approximate surface area is 193 Å². The lowest BCUT2D eigenvalue weighted by Crippen LogP contribution is -2.40. The molecule has 1 aliphatic heterocycles. The predicted molar refractivity (Wildman–Crippen MR) is 128 cm³/mol. The van der Waals surface area contributed by atoms with Gasteiger partial charge in [-0.15, -0.1) is 0 Å². The Balaban J connectivity index is 1.32. The fraction of sp³-hybridized carbons (Fsp3) is 0.174. The molecule has 2 N–H and O–H groups in total. The molecular weight excluding hydrogens is 449 g/mol. The molecule has 3 aromatic rings. The third-order valence-corrected chi connectivity index (χ3v) is 6.41. The molecule has 32 heavy (non-hydrogen) atoms. The second-order valence-corrected chi connectivity index (χ2v) is 8.82. The molecule has 1 aromatic heterocycles. The van der Waals surface area contributed by atoms with Crippen LogP contribution in [0.3, 0.4) is 0 Å². The van der Waals surface area contributed by atoms with Gasteiger partial charge in [-0.05, 0) is 47.9 Å². The third kappa shape index (κ3) is 4.84. The summed E-state index contributed by atoms with van der Waals surface area (Å²) in [6.45, 7) is 0.286. The smallest absolute Gasteiger partial charge is 0.266 e. The SMILES string of the molecule is COc1ccc2c(CCNC(=O)CN3C(=O)/C(=C/c4ccc(F)cc4)SC3=S)c[nH]c2c1. The van der Waals surface area contributed by atoms with Crippen LogP contribution in [0, 0.1) is 5.82 Å². The van der Waals surface area contributed by atoms with Crippen LogP contribution in [0.4, 0.5) is 4.39 Å². The van der Waals surface area contributed by atoms with E-state index in [-0.39, 0.29) is 24.2 Å². The van der Waals surface area contributed by atoms with Crippen molar-refractivity contribution in [3.05, 3.63) is 70.5 Å². The van der Waals surface area contributed by atoms with Crippen LogP contribution in [0.5, 0.6) is 5.75 Å². The van der Waals surface area contributed by atoms with Gasteiger partial charge >= 0.3 is 0 Å². The van der Waals surface area contributed by atoms with E-state index < -0.39 is 0 Å². The van der Waals surface area contributed by atoms with Crippen molar-refractivity contribution in [2.45, 2.75) is 6.42 Å². The molecule has 0 bridgehead atoms. The van der Waals surface area contributed by atoms with Crippen LogP contribution in [0.25, 0.3) is 17.0 Å². The molecule has 2 aromatic carbocycles. The van der Waals surface area contributed by atoms with E-state index in [1.165, 1.54) is 17.0 Å². The van der Waals surface area contributed by atoms with Crippen molar-refractivity contribution < 1.29 is 18.7 Å². The number of methoxy groups -OCH3 is 1. The van der Waals surface area contributed by atoms with Gasteiger partial charge in [0.1, 0.15) is 22.4 Å². The standard InChI is InChI=1S/C23H20FN3O3S2/c1-30-17-6-7-18-15(12-26-19(18)11-17)8-9-25-21(28)13-27-22(29)20(32-23(27)31)10-14-2-4-16(24)5-3-14/h2-7,10-12,26H,8-9,13H2,1H3,(H,25,28)/b20-10-. The van der Waals surface area contributed by atoms with Crippen molar-refractivity contribution >= 4 is 57.1 Å². The van der Waals surface area contributed by atoms with E-state index in [0.29, 0.717) is 27.8 Å². The van der Waals surface area contributed by atoms with Gasteiger partial charge in [0.15, 0.2) is 0 Å². The number of carbonyl (C=O) groups excluding carboxylic acids is 2. The summed E-state index contributed by atoms with van der Waals surface area (Å²) in [5.74, 6) is -0.189. The monoisotopic (exact) mass is 469 g/mol. The maximum Gasteiger partial charge on any atom is 0.266 e. The Morgan fingerprint density at radius 1 is 1.28 bits per heavy atom. The number of aromatic amines is 1. The lowest BCUT2D eigenvalue weighted by molar-refractivity contribution is -0.128. The normalized spacial score (nSPS) is 15.1. The zero-order valence-electron chi connectivity index (χ0n) is 17.2. The van der Waals surface area contributed by atoms with Crippen LogP contribution in [-0.2, 0) is 16.0 Å². The average molecular weight is 470 g/mol. The molecule has 0 unspecified atom stereocenters. The Kier molecular flexibility index (Phi) is 6.57. The van der Waals surface area contributed by atoms with Gasteiger partial charge in [-0.2, -0.15) is 0 Å². The minimum absolute atomic E-state index is 0.142. The number of rotatable bonds is 7.